The minimum atomic E-state index is -0.0994. The number of anilines is 1. The third-order valence-corrected chi connectivity index (χ3v) is 3.06. The van der Waals surface area contributed by atoms with E-state index in [4.69, 9.17) is 0 Å². The lowest BCUT2D eigenvalue weighted by Gasteiger charge is -2.04. The second-order valence-electron chi connectivity index (χ2n) is 4.44. The zero-order valence-corrected chi connectivity index (χ0v) is 10.1. The second kappa shape index (κ2) is 4.27. The van der Waals surface area contributed by atoms with Crippen LogP contribution in [0.1, 0.15) is 21.5 Å². The maximum Gasteiger partial charge on any atom is 0.255 e. The van der Waals surface area contributed by atoms with Crippen LogP contribution in [-0.4, -0.2) is 15.7 Å². The largest absolute Gasteiger partial charge is 0.319 e. The van der Waals surface area contributed by atoms with Gasteiger partial charge in [-0.3, -0.25) is 9.48 Å². The van der Waals surface area contributed by atoms with Gasteiger partial charge in [-0.1, -0.05) is 6.07 Å². The number of carbonyl (C=O) groups is 1. The molecule has 92 valence electrons. The topological polar surface area (TPSA) is 59.0 Å². The van der Waals surface area contributed by atoms with Gasteiger partial charge >= 0.3 is 0 Å². The number of aryl methyl sites for hydroxylation is 1. The molecule has 0 atom stereocenters. The van der Waals surface area contributed by atoms with Crippen LogP contribution in [0.5, 0.6) is 0 Å². The van der Waals surface area contributed by atoms with Crippen molar-refractivity contribution in [3.63, 3.8) is 0 Å². The molecule has 3 rings (SSSR count). The molecule has 0 fully saturated rings. The Morgan fingerprint density at radius 1 is 1.39 bits per heavy atom. The first kappa shape index (κ1) is 11.0. The highest BCUT2D eigenvalue weighted by Gasteiger charge is 2.13. The van der Waals surface area contributed by atoms with Crippen LogP contribution >= 0.6 is 0 Å². The third-order valence-electron chi connectivity index (χ3n) is 3.06. The van der Waals surface area contributed by atoms with Crippen LogP contribution < -0.4 is 10.6 Å². The molecule has 18 heavy (non-hydrogen) atoms. The van der Waals surface area contributed by atoms with Crippen LogP contribution in [0.25, 0.3) is 0 Å². The number of amides is 1. The van der Waals surface area contributed by atoms with E-state index in [0.29, 0.717) is 11.3 Å². The molecule has 5 heteroatoms. The average Bonchev–Trinajstić information content (AvgIpc) is 2.96. The summed E-state index contributed by atoms with van der Waals surface area (Å²) in [7, 11) is 1.82. The van der Waals surface area contributed by atoms with Gasteiger partial charge in [-0.2, -0.15) is 5.10 Å². The van der Waals surface area contributed by atoms with Gasteiger partial charge in [-0.05, 0) is 23.3 Å². The zero-order valence-electron chi connectivity index (χ0n) is 10.1. The number of fused-ring (bicyclic) bond motifs is 1. The Balaban J connectivity index is 1.80. The Bertz CT molecular complexity index is 603. The first-order valence-corrected chi connectivity index (χ1v) is 5.85. The van der Waals surface area contributed by atoms with Crippen molar-refractivity contribution in [2.24, 2.45) is 7.05 Å². The molecule has 0 saturated carbocycles. The van der Waals surface area contributed by atoms with E-state index in [0.717, 1.165) is 13.1 Å². The summed E-state index contributed by atoms with van der Waals surface area (Å²) in [5.74, 6) is -0.0994. The SMILES string of the molecule is Cn1cc(NC(=O)c2ccc3c(c2)CNC3)cn1. The van der Waals surface area contributed by atoms with E-state index in [2.05, 4.69) is 15.7 Å². The van der Waals surface area contributed by atoms with Crippen LogP contribution in [-0.2, 0) is 20.1 Å². The number of aromatic nitrogens is 2. The number of nitrogens with one attached hydrogen (secondary N) is 2. The molecule has 2 N–H and O–H groups in total. The van der Waals surface area contributed by atoms with Gasteiger partial charge in [0, 0.05) is 31.9 Å². The molecule has 1 aliphatic rings. The van der Waals surface area contributed by atoms with E-state index in [1.54, 1.807) is 17.1 Å². The van der Waals surface area contributed by atoms with Gasteiger partial charge in [0.2, 0.25) is 0 Å². The fourth-order valence-corrected chi connectivity index (χ4v) is 2.13. The van der Waals surface area contributed by atoms with E-state index in [1.165, 1.54) is 11.1 Å². The van der Waals surface area contributed by atoms with Crippen molar-refractivity contribution in [3.05, 3.63) is 47.3 Å². The predicted molar refractivity (Wildman–Crippen MR) is 68.1 cm³/mol. The number of hydrogen-bond acceptors (Lipinski definition) is 3. The molecule has 5 nitrogen and oxygen atoms in total. The monoisotopic (exact) mass is 242 g/mol. The molecule has 1 aromatic carbocycles. The zero-order chi connectivity index (χ0) is 12.5. The van der Waals surface area contributed by atoms with Crippen molar-refractivity contribution in [2.45, 2.75) is 13.1 Å². The maximum atomic E-state index is 12.1. The Morgan fingerprint density at radius 2 is 2.22 bits per heavy atom. The summed E-state index contributed by atoms with van der Waals surface area (Å²) in [4.78, 5) is 12.1. The second-order valence-corrected chi connectivity index (χ2v) is 4.44. The number of nitrogens with zero attached hydrogens (tertiary/aromatic N) is 2. The van der Waals surface area contributed by atoms with Gasteiger partial charge < -0.3 is 10.6 Å². The molecule has 1 aromatic heterocycles. The summed E-state index contributed by atoms with van der Waals surface area (Å²) in [5.41, 5.74) is 3.86. The lowest BCUT2D eigenvalue weighted by atomic mass is 10.1. The Labute approximate surface area is 105 Å². The van der Waals surface area contributed by atoms with Crippen molar-refractivity contribution >= 4 is 11.6 Å². The summed E-state index contributed by atoms with van der Waals surface area (Å²) >= 11 is 0. The summed E-state index contributed by atoms with van der Waals surface area (Å²) in [6.45, 7) is 1.73. The van der Waals surface area contributed by atoms with Crippen LogP contribution in [0.4, 0.5) is 5.69 Å². The van der Waals surface area contributed by atoms with Gasteiger partial charge in [0.25, 0.3) is 5.91 Å². The molecule has 0 unspecified atom stereocenters. The molecule has 2 heterocycles. The van der Waals surface area contributed by atoms with Crippen molar-refractivity contribution in [1.29, 1.82) is 0 Å². The predicted octanol–water partition coefficient (Wildman–Crippen LogP) is 1.28. The fraction of sp³-hybridized carbons (Fsp3) is 0.231. The summed E-state index contributed by atoms with van der Waals surface area (Å²) in [6.07, 6.45) is 3.40. The molecular weight excluding hydrogens is 228 g/mol. The molecule has 1 amide bonds. The molecule has 0 saturated heterocycles. The van der Waals surface area contributed by atoms with E-state index in [1.807, 2.05) is 25.2 Å². The minimum Gasteiger partial charge on any atom is -0.319 e. The van der Waals surface area contributed by atoms with E-state index < -0.39 is 0 Å². The summed E-state index contributed by atoms with van der Waals surface area (Å²) in [6, 6.07) is 5.81. The van der Waals surface area contributed by atoms with Crippen LogP contribution in [0, 0.1) is 0 Å². The lowest BCUT2D eigenvalue weighted by Crippen LogP contribution is -2.11. The van der Waals surface area contributed by atoms with Crippen LogP contribution in [0.3, 0.4) is 0 Å². The van der Waals surface area contributed by atoms with E-state index in [-0.39, 0.29) is 5.91 Å². The van der Waals surface area contributed by atoms with Gasteiger partial charge in [-0.25, -0.2) is 0 Å². The fourth-order valence-electron chi connectivity index (χ4n) is 2.13. The van der Waals surface area contributed by atoms with Crippen molar-refractivity contribution in [1.82, 2.24) is 15.1 Å². The summed E-state index contributed by atoms with van der Waals surface area (Å²) in [5, 5.41) is 10.1. The van der Waals surface area contributed by atoms with E-state index >= 15 is 0 Å². The normalized spacial score (nSPS) is 13.4. The van der Waals surface area contributed by atoms with Gasteiger partial charge in [0.15, 0.2) is 0 Å². The van der Waals surface area contributed by atoms with Crippen molar-refractivity contribution in [2.75, 3.05) is 5.32 Å². The molecule has 1 aliphatic heterocycles. The Morgan fingerprint density at radius 3 is 3.00 bits per heavy atom. The van der Waals surface area contributed by atoms with Gasteiger partial charge in [0.05, 0.1) is 11.9 Å². The molecule has 0 radical (unpaired) electrons. The lowest BCUT2D eigenvalue weighted by molar-refractivity contribution is 0.102. The molecule has 0 spiro atoms. The molecule has 2 aromatic rings. The highest BCUT2D eigenvalue weighted by Crippen LogP contribution is 2.18. The highest BCUT2D eigenvalue weighted by molar-refractivity contribution is 6.04. The van der Waals surface area contributed by atoms with E-state index in [9.17, 15) is 4.79 Å². The summed E-state index contributed by atoms with van der Waals surface area (Å²) < 4.78 is 1.65. The Kier molecular flexibility index (Phi) is 2.60. The molecule has 0 bridgehead atoms. The number of carbonyl (C=O) groups excluding carboxylic acids is 1. The average molecular weight is 242 g/mol. The van der Waals surface area contributed by atoms with Crippen molar-refractivity contribution < 1.29 is 4.79 Å². The first-order valence-electron chi connectivity index (χ1n) is 5.85. The quantitative estimate of drug-likeness (QED) is 0.834. The smallest absolute Gasteiger partial charge is 0.255 e. The maximum absolute atomic E-state index is 12.1. The number of hydrogen-bond donors (Lipinski definition) is 2. The van der Waals surface area contributed by atoms with Gasteiger partial charge in [-0.15, -0.1) is 0 Å². The molecular formula is C13H14N4O. The van der Waals surface area contributed by atoms with Crippen LogP contribution in [0.15, 0.2) is 30.6 Å². The molecule has 0 aliphatic carbocycles. The third kappa shape index (κ3) is 2.00. The van der Waals surface area contributed by atoms with Gasteiger partial charge in [0.1, 0.15) is 0 Å². The van der Waals surface area contributed by atoms with Crippen LogP contribution in [0.2, 0.25) is 0 Å². The Hall–Kier alpha value is -2.14. The number of benzene rings is 1. The standard InChI is InChI=1S/C13H14N4O/c1-17-8-12(7-15-17)16-13(18)9-2-3-10-5-14-6-11(10)4-9/h2-4,7-8,14H,5-6H2,1H3,(H,16,18). The number of rotatable bonds is 2. The highest BCUT2D eigenvalue weighted by atomic mass is 16.1. The minimum absolute atomic E-state index is 0.0994. The van der Waals surface area contributed by atoms with Crippen molar-refractivity contribution in [3.8, 4) is 0 Å². The first-order chi connectivity index (χ1) is 8.72.